The maximum Gasteiger partial charge on any atom is 0.140 e. The highest BCUT2D eigenvalue weighted by molar-refractivity contribution is 5.85. The average Bonchev–Trinajstić information content (AvgIpc) is 2.42. The molecule has 0 unspecified atom stereocenters. The predicted octanol–water partition coefficient (Wildman–Crippen LogP) is 2.90. The van der Waals surface area contributed by atoms with Gasteiger partial charge in [-0.1, -0.05) is 13.0 Å². The highest BCUT2D eigenvalue weighted by Crippen LogP contribution is 2.25. The molecule has 1 atom stereocenters. The minimum Gasteiger partial charge on any atom is -0.314 e. The molecule has 1 saturated heterocycles. The van der Waals surface area contributed by atoms with Gasteiger partial charge in [0.05, 0.1) is 5.56 Å². The van der Waals surface area contributed by atoms with Crippen LogP contribution < -0.4 is 5.32 Å². The molecule has 3 nitrogen and oxygen atoms in total. The Morgan fingerprint density at radius 2 is 2.00 bits per heavy atom. The molecule has 0 amide bonds. The number of halogens is 3. The van der Waals surface area contributed by atoms with Crippen molar-refractivity contribution in [1.82, 2.24) is 10.2 Å². The number of benzene rings is 1. The van der Waals surface area contributed by atoms with E-state index in [-0.39, 0.29) is 36.4 Å². The van der Waals surface area contributed by atoms with Crippen LogP contribution in [0.5, 0.6) is 0 Å². The molecule has 0 saturated carbocycles. The summed E-state index contributed by atoms with van der Waals surface area (Å²) >= 11 is 0. The summed E-state index contributed by atoms with van der Waals surface area (Å²) in [5, 5.41) is 12.2. The maximum atomic E-state index is 13.3. The molecular weight excluding hydrogens is 300 g/mol. The zero-order chi connectivity index (χ0) is 13.0. The van der Waals surface area contributed by atoms with Crippen LogP contribution in [-0.2, 0) is 0 Å². The maximum absolute atomic E-state index is 13.3. The van der Waals surface area contributed by atoms with Crippen LogP contribution in [0.25, 0.3) is 0 Å². The van der Waals surface area contributed by atoms with Gasteiger partial charge in [-0.25, -0.2) is 4.39 Å². The Bertz CT molecular complexity index is 456. The van der Waals surface area contributed by atoms with Crippen LogP contribution >= 0.6 is 24.8 Å². The molecule has 1 fully saturated rings. The Balaban J connectivity index is 0.00000180. The molecule has 1 aromatic rings. The van der Waals surface area contributed by atoms with Crippen LogP contribution in [0.4, 0.5) is 4.39 Å². The molecule has 2 rings (SSSR count). The highest BCUT2D eigenvalue weighted by atomic mass is 35.5. The molecule has 1 aromatic carbocycles. The van der Waals surface area contributed by atoms with Crippen molar-refractivity contribution in [2.45, 2.75) is 19.4 Å². The van der Waals surface area contributed by atoms with E-state index in [0.717, 1.165) is 38.2 Å². The Morgan fingerprint density at radius 3 is 2.55 bits per heavy atom. The van der Waals surface area contributed by atoms with Crippen LogP contribution in [0.3, 0.4) is 0 Å². The molecule has 1 heterocycles. The van der Waals surface area contributed by atoms with Crippen molar-refractivity contribution in [1.29, 1.82) is 5.26 Å². The fourth-order valence-corrected chi connectivity index (χ4v) is 2.53. The molecule has 0 bridgehead atoms. The van der Waals surface area contributed by atoms with Crippen LogP contribution in [-0.4, -0.2) is 31.1 Å². The van der Waals surface area contributed by atoms with E-state index in [9.17, 15) is 4.39 Å². The number of nitriles is 1. The second-order valence-corrected chi connectivity index (χ2v) is 4.56. The van der Waals surface area contributed by atoms with Crippen molar-refractivity contribution >= 4 is 24.8 Å². The van der Waals surface area contributed by atoms with Crippen molar-refractivity contribution in [3.8, 4) is 6.07 Å². The smallest absolute Gasteiger partial charge is 0.140 e. The van der Waals surface area contributed by atoms with Gasteiger partial charge in [-0.15, -0.1) is 24.8 Å². The van der Waals surface area contributed by atoms with E-state index >= 15 is 0 Å². The Kier molecular flexibility index (Phi) is 8.75. The van der Waals surface area contributed by atoms with Gasteiger partial charge < -0.3 is 5.32 Å². The quantitative estimate of drug-likeness (QED) is 0.931. The van der Waals surface area contributed by atoms with Crippen molar-refractivity contribution in [2.24, 2.45) is 0 Å². The lowest BCUT2D eigenvalue weighted by molar-refractivity contribution is 0.169. The molecule has 1 aliphatic rings. The molecule has 0 aromatic heterocycles. The van der Waals surface area contributed by atoms with Crippen molar-refractivity contribution < 1.29 is 4.39 Å². The fourth-order valence-electron chi connectivity index (χ4n) is 2.53. The standard InChI is InChI=1S/C14H18FN3.2ClH/c1-2-14(18-7-5-17-6-8-18)11-3-4-13(15)12(9-11)10-16;;/h3-4,9,14,17H,2,5-8H2,1H3;2*1H/t14-;;/m0../s1. The topological polar surface area (TPSA) is 39.1 Å². The average molecular weight is 320 g/mol. The van der Waals surface area contributed by atoms with Gasteiger partial charge in [0, 0.05) is 32.2 Å². The summed E-state index contributed by atoms with van der Waals surface area (Å²) in [4.78, 5) is 2.39. The zero-order valence-electron chi connectivity index (χ0n) is 11.4. The van der Waals surface area contributed by atoms with E-state index in [0.29, 0.717) is 0 Å². The monoisotopic (exact) mass is 319 g/mol. The summed E-state index contributed by atoms with van der Waals surface area (Å²) in [6.07, 6.45) is 0.969. The normalized spacial score (nSPS) is 16.4. The first-order valence-electron chi connectivity index (χ1n) is 6.40. The summed E-state index contributed by atoms with van der Waals surface area (Å²) in [5.74, 6) is -0.434. The van der Waals surface area contributed by atoms with E-state index in [1.807, 2.05) is 6.07 Å². The largest absolute Gasteiger partial charge is 0.314 e. The lowest BCUT2D eigenvalue weighted by atomic mass is 10.00. The molecule has 0 spiro atoms. The molecule has 6 heteroatoms. The van der Waals surface area contributed by atoms with Gasteiger partial charge in [0.1, 0.15) is 11.9 Å². The molecule has 112 valence electrons. The number of rotatable bonds is 3. The second-order valence-electron chi connectivity index (χ2n) is 4.56. The summed E-state index contributed by atoms with van der Waals surface area (Å²) in [7, 11) is 0. The molecule has 1 aliphatic heterocycles. The van der Waals surface area contributed by atoms with Crippen molar-refractivity contribution in [3.63, 3.8) is 0 Å². The van der Waals surface area contributed by atoms with Gasteiger partial charge >= 0.3 is 0 Å². The first kappa shape index (κ1) is 19.1. The van der Waals surface area contributed by atoms with Gasteiger partial charge in [0.15, 0.2) is 0 Å². The minimum absolute atomic E-state index is 0. The Hall–Kier alpha value is -0.860. The predicted molar refractivity (Wildman–Crippen MR) is 83.1 cm³/mol. The van der Waals surface area contributed by atoms with Gasteiger partial charge in [-0.2, -0.15) is 5.26 Å². The Labute approximate surface area is 132 Å². The van der Waals surface area contributed by atoms with Gasteiger partial charge in [-0.05, 0) is 24.1 Å². The van der Waals surface area contributed by atoms with E-state index in [1.54, 1.807) is 12.1 Å². The lowest BCUT2D eigenvalue weighted by Gasteiger charge is -2.34. The first-order valence-corrected chi connectivity index (χ1v) is 6.40. The number of nitrogens with zero attached hydrogens (tertiary/aromatic N) is 2. The first-order chi connectivity index (χ1) is 8.76. The molecular formula is C14H20Cl2FN3. The summed E-state index contributed by atoms with van der Waals surface area (Å²) < 4.78 is 13.3. The fraction of sp³-hybridized carbons (Fsp3) is 0.500. The SMILES string of the molecule is CC[C@@H](c1ccc(F)c(C#N)c1)N1CCNCC1.Cl.Cl. The van der Waals surface area contributed by atoms with Crippen LogP contribution in [0.2, 0.25) is 0 Å². The third kappa shape index (κ3) is 4.32. The summed E-state index contributed by atoms with van der Waals surface area (Å²) in [6.45, 7) is 6.10. The number of nitrogens with one attached hydrogen (secondary N) is 1. The van der Waals surface area contributed by atoms with Crippen molar-refractivity contribution in [3.05, 3.63) is 35.1 Å². The third-order valence-electron chi connectivity index (χ3n) is 3.47. The highest BCUT2D eigenvalue weighted by Gasteiger charge is 2.21. The Morgan fingerprint density at radius 1 is 1.35 bits per heavy atom. The van der Waals surface area contributed by atoms with Gasteiger partial charge in [-0.3, -0.25) is 4.90 Å². The zero-order valence-corrected chi connectivity index (χ0v) is 13.1. The second kappa shape index (κ2) is 9.15. The number of hydrogen-bond donors (Lipinski definition) is 1. The lowest BCUT2D eigenvalue weighted by Crippen LogP contribution is -2.45. The van der Waals surface area contributed by atoms with Gasteiger partial charge in [0.2, 0.25) is 0 Å². The van der Waals surface area contributed by atoms with Crippen LogP contribution in [0, 0.1) is 17.1 Å². The minimum atomic E-state index is -0.434. The van der Waals surface area contributed by atoms with Gasteiger partial charge in [0.25, 0.3) is 0 Å². The van der Waals surface area contributed by atoms with E-state index in [1.165, 1.54) is 6.07 Å². The third-order valence-corrected chi connectivity index (χ3v) is 3.47. The number of hydrogen-bond acceptors (Lipinski definition) is 3. The summed E-state index contributed by atoms with van der Waals surface area (Å²) in [6, 6.07) is 7.07. The molecule has 0 aliphatic carbocycles. The summed E-state index contributed by atoms with van der Waals surface area (Å²) in [5.41, 5.74) is 1.18. The molecule has 0 radical (unpaired) electrons. The van der Waals surface area contributed by atoms with E-state index < -0.39 is 5.82 Å². The van der Waals surface area contributed by atoms with Crippen LogP contribution in [0.15, 0.2) is 18.2 Å². The molecule has 1 N–H and O–H groups in total. The van der Waals surface area contributed by atoms with E-state index in [2.05, 4.69) is 17.1 Å². The van der Waals surface area contributed by atoms with Crippen LogP contribution in [0.1, 0.15) is 30.5 Å². The molecule has 20 heavy (non-hydrogen) atoms. The van der Waals surface area contributed by atoms with Crippen molar-refractivity contribution in [2.75, 3.05) is 26.2 Å². The number of piperazine rings is 1. The van der Waals surface area contributed by atoms with E-state index in [4.69, 9.17) is 5.26 Å².